The molecule has 2 aliphatic heterocycles. The van der Waals surface area contributed by atoms with E-state index in [0.717, 1.165) is 31.6 Å². The number of para-hydroxylation sites is 2. The van der Waals surface area contributed by atoms with E-state index in [-0.39, 0.29) is 18.5 Å². The molecule has 1 saturated heterocycles. The van der Waals surface area contributed by atoms with Crippen LogP contribution in [-0.2, 0) is 4.79 Å². The number of benzene rings is 1. The lowest BCUT2D eigenvalue weighted by molar-refractivity contribution is -0.115. The molecule has 3 rings (SSSR count). The first-order valence-corrected chi connectivity index (χ1v) is 7.21. The maximum atomic E-state index is 12.7. The SMILES string of the molecule is O=C1CN(C(=O)N2CCCCCC2)c2ccccc2N1. The summed E-state index contributed by atoms with van der Waals surface area (Å²) in [5, 5.41) is 2.81. The average molecular weight is 273 g/mol. The van der Waals surface area contributed by atoms with Gasteiger partial charge in [-0.2, -0.15) is 0 Å². The van der Waals surface area contributed by atoms with Gasteiger partial charge in [0.2, 0.25) is 5.91 Å². The molecule has 20 heavy (non-hydrogen) atoms. The molecule has 2 aliphatic rings. The van der Waals surface area contributed by atoms with Gasteiger partial charge in [0.25, 0.3) is 0 Å². The second-order valence-corrected chi connectivity index (χ2v) is 5.34. The van der Waals surface area contributed by atoms with Gasteiger partial charge in [-0.1, -0.05) is 25.0 Å². The molecule has 0 aliphatic carbocycles. The zero-order valence-corrected chi connectivity index (χ0v) is 11.5. The monoisotopic (exact) mass is 273 g/mol. The predicted octanol–water partition coefficient (Wildman–Crippen LogP) is 2.44. The summed E-state index contributed by atoms with van der Waals surface area (Å²) in [6, 6.07) is 7.41. The van der Waals surface area contributed by atoms with Gasteiger partial charge in [-0.3, -0.25) is 9.69 Å². The fourth-order valence-electron chi connectivity index (χ4n) is 2.84. The van der Waals surface area contributed by atoms with E-state index in [4.69, 9.17) is 0 Å². The molecule has 0 bridgehead atoms. The van der Waals surface area contributed by atoms with Crippen LogP contribution in [0.1, 0.15) is 25.7 Å². The Kier molecular flexibility index (Phi) is 3.58. The Hall–Kier alpha value is -2.04. The number of hydrogen-bond donors (Lipinski definition) is 1. The number of nitrogens with zero attached hydrogens (tertiary/aromatic N) is 2. The highest BCUT2D eigenvalue weighted by Crippen LogP contribution is 2.30. The molecule has 0 atom stereocenters. The molecule has 0 aromatic heterocycles. The third-order valence-electron chi connectivity index (χ3n) is 3.88. The van der Waals surface area contributed by atoms with Gasteiger partial charge < -0.3 is 10.2 Å². The average Bonchev–Trinajstić information content (AvgIpc) is 2.74. The lowest BCUT2D eigenvalue weighted by Gasteiger charge is -2.33. The summed E-state index contributed by atoms with van der Waals surface area (Å²) in [5.74, 6) is -0.133. The van der Waals surface area contributed by atoms with Crippen molar-refractivity contribution in [3.8, 4) is 0 Å². The van der Waals surface area contributed by atoms with E-state index < -0.39 is 0 Å². The van der Waals surface area contributed by atoms with Crippen molar-refractivity contribution in [3.63, 3.8) is 0 Å². The molecule has 0 radical (unpaired) electrons. The van der Waals surface area contributed by atoms with Crippen molar-refractivity contribution in [3.05, 3.63) is 24.3 Å². The highest BCUT2D eigenvalue weighted by molar-refractivity contribution is 6.09. The van der Waals surface area contributed by atoms with Gasteiger partial charge in [-0.15, -0.1) is 0 Å². The van der Waals surface area contributed by atoms with Crippen LogP contribution in [0.15, 0.2) is 24.3 Å². The molecular formula is C15H19N3O2. The molecule has 1 aromatic carbocycles. The summed E-state index contributed by atoms with van der Waals surface area (Å²) in [6.45, 7) is 1.69. The van der Waals surface area contributed by atoms with E-state index in [9.17, 15) is 9.59 Å². The Balaban J connectivity index is 1.85. The van der Waals surface area contributed by atoms with Crippen molar-refractivity contribution in [2.45, 2.75) is 25.7 Å². The van der Waals surface area contributed by atoms with E-state index in [0.29, 0.717) is 5.69 Å². The topological polar surface area (TPSA) is 52.7 Å². The number of nitrogens with one attached hydrogen (secondary N) is 1. The van der Waals surface area contributed by atoms with Crippen molar-refractivity contribution < 1.29 is 9.59 Å². The number of fused-ring (bicyclic) bond motifs is 1. The van der Waals surface area contributed by atoms with Crippen LogP contribution in [-0.4, -0.2) is 36.5 Å². The quantitative estimate of drug-likeness (QED) is 0.789. The van der Waals surface area contributed by atoms with E-state index in [1.165, 1.54) is 12.8 Å². The molecule has 5 heteroatoms. The maximum absolute atomic E-state index is 12.7. The molecule has 5 nitrogen and oxygen atoms in total. The van der Waals surface area contributed by atoms with Gasteiger partial charge in [0, 0.05) is 13.1 Å². The first-order valence-electron chi connectivity index (χ1n) is 7.21. The summed E-state index contributed by atoms with van der Waals surface area (Å²) < 4.78 is 0. The highest BCUT2D eigenvalue weighted by atomic mass is 16.2. The number of hydrogen-bond acceptors (Lipinski definition) is 2. The first-order chi connectivity index (χ1) is 9.75. The maximum Gasteiger partial charge on any atom is 0.325 e. The van der Waals surface area contributed by atoms with E-state index >= 15 is 0 Å². The largest absolute Gasteiger partial charge is 0.325 e. The van der Waals surface area contributed by atoms with Crippen LogP contribution < -0.4 is 10.2 Å². The number of carbonyl (C=O) groups excluding carboxylic acids is 2. The van der Waals surface area contributed by atoms with Crippen LogP contribution in [0.5, 0.6) is 0 Å². The van der Waals surface area contributed by atoms with Crippen molar-refractivity contribution in [1.29, 1.82) is 0 Å². The van der Waals surface area contributed by atoms with Gasteiger partial charge in [-0.05, 0) is 25.0 Å². The van der Waals surface area contributed by atoms with Crippen LogP contribution in [0.4, 0.5) is 16.2 Å². The van der Waals surface area contributed by atoms with Crippen molar-refractivity contribution in [2.75, 3.05) is 29.9 Å². The molecular weight excluding hydrogens is 254 g/mol. The van der Waals surface area contributed by atoms with Crippen molar-refractivity contribution >= 4 is 23.3 Å². The number of rotatable bonds is 0. The van der Waals surface area contributed by atoms with Gasteiger partial charge in [0.15, 0.2) is 0 Å². The zero-order valence-electron chi connectivity index (χ0n) is 11.5. The summed E-state index contributed by atoms with van der Waals surface area (Å²) in [5.41, 5.74) is 1.51. The number of anilines is 2. The lowest BCUT2D eigenvalue weighted by atomic mass is 10.2. The minimum absolute atomic E-state index is 0.0470. The smallest absolute Gasteiger partial charge is 0.324 e. The summed E-state index contributed by atoms with van der Waals surface area (Å²) in [7, 11) is 0. The zero-order chi connectivity index (χ0) is 13.9. The van der Waals surface area contributed by atoms with Crippen LogP contribution in [0, 0.1) is 0 Å². The van der Waals surface area contributed by atoms with Crippen LogP contribution in [0.25, 0.3) is 0 Å². The Morgan fingerprint density at radius 1 is 1.05 bits per heavy atom. The standard InChI is InChI=1S/C15H19N3O2/c19-14-11-18(13-8-4-3-7-12(13)16-14)15(20)17-9-5-1-2-6-10-17/h3-4,7-8H,1-2,5-6,9-11H2,(H,16,19). The minimum Gasteiger partial charge on any atom is -0.324 e. The van der Waals surface area contributed by atoms with Crippen LogP contribution in [0.2, 0.25) is 0 Å². The second-order valence-electron chi connectivity index (χ2n) is 5.34. The third kappa shape index (κ3) is 2.48. The molecule has 0 unspecified atom stereocenters. The molecule has 0 spiro atoms. The second kappa shape index (κ2) is 5.53. The molecule has 0 saturated carbocycles. The predicted molar refractivity (Wildman–Crippen MR) is 77.9 cm³/mol. The van der Waals surface area contributed by atoms with Crippen LogP contribution in [0.3, 0.4) is 0 Å². The number of carbonyl (C=O) groups is 2. The van der Waals surface area contributed by atoms with Gasteiger partial charge in [0.1, 0.15) is 6.54 Å². The van der Waals surface area contributed by atoms with E-state index in [2.05, 4.69) is 5.32 Å². The summed E-state index contributed by atoms with van der Waals surface area (Å²) in [4.78, 5) is 27.9. The van der Waals surface area contributed by atoms with Gasteiger partial charge >= 0.3 is 6.03 Å². The van der Waals surface area contributed by atoms with E-state index in [1.807, 2.05) is 29.2 Å². The van der Waals surface area contributed by atoms with Crippen LogP contribution >= 0.6 is 0 Å². The van der Waals surface area contributed by atoms with E-state index in [1.54, 1.807) is 4.90 Å². The number of likely N-dealkylation sites (tertiary alicyclic amines) is 1. The Bertz CT molecular complexity index is 522. The fourth-order valence-corrected chi connectivity index (χ4v) is 2.84. The van der Waals surface area contributed by atoms with Crippen molar-refractivity contribution in [1.82, 2.24) is 4.90 Å². The first kappa shape index (κ1) is 13.0. The molecule has 1 fully saturated rings. The molecule has 1 N–H and O–H groups in total. The van der Waals surface area contributed by atoms with Crippen molar-refractivity contribution in [2.24, 2.45) is 0 Å². The Morgan fingerprint density at radius 2 is 1.75 bits per heavy atom. The Labute approximate surface area is 118 Å². The number of urea groups is 1. The normalized spacial score (nSPS) is 19.1. The third-order valence-corrected chi connectivity index (χ3v) is 3.88. The molecule has 1 aromatic rings. The number of amides is 3. The van der Waals surface area contributed by atoms with Gasteiger partial charge in [0.05, 0.1) is 11.4 Å². The fraction of sp³-hybridized carbons (Fsp3) is 0.467. The summed E-state index contributed by atoms with van der Waals surface area (Å²) >= 11 is 0. The molecule has 3 amide bonds. The van der Waals surface area contributed by atoms with Gasteiger partial charge in [-0.25, -0.2) is 4.79 Å². The Morgan fingerprint density at radius 3 is 2.50 bits per heavy atom. The minimum atomic E-state index is -0.133. The molecule has 106 valence electrons. The molecule has 2 heterocycles. The lowest BCUT2D eigenvalue weighted by Crippen LogP contribution is -2.49. The highest BCUT2D eigenvalue weighted by Gasteiger charge is 2.29. The summed E-state index contributed by atoms with van der Waals surface area (Å²) in [6.07, 6.45) is 4.46.